The number of nitrogens with one attached hydrogen (secondary N) is 2. The molecular weight excluding hydrogens is 238 g/mol. The van der Waals surface area contributed by atoms with Crippen molar-refractivity contribution in [1.29, 1.82) is 0 Å². The first-order valence-electron chi connectivity index (χ1n) is 7.43. The van der Waals surface area contributed by atoms with E-state index < -0.39 is 0 Å². The van der Waals surface area contributed by atoms with Gasteiger partial charge in [0, 0.05) is 13.1 Å². The smallest absolute Gasteiger partial charge is 0.0642 e. The highest BCUT2D eigenvalue weighted by Crippen LogP contribution is 2.20. The summed E-state index contributed by atoms with van der Waals surface area (Å²) in [4.78, 5) is 4.21. The van der Waals surface area contributed by atoms with Crippen LogP contribution in [0.3, 0.4) is 0 Å². The van der Waals surface area contributed by atoms with Crippen LogP contribution in [0.2, 0.25) is 0 Å². The maximum atomic E-state index is 5.88. The van der Waals surface area contributed by atoms with E-state index in [0.717, 1.165) is 31.1 Å². The van der Waals surface area contributed by atoms with Gasteiger partial charge in [0.25, 0.3) is 0 Å². The van der Waals surface area contributed by atoms with E-state index in [0.29, 0.717) is 6.10 Å². The number of pyridine rings is 1. The van der Waals surface area contributed by atoms with Gasteiger partial charge in [0.1, 0.15) is 0 Å². The SMILES string of the molecule is CCNc1cncc(NCCOC2CCCCC2)c1. The molecule has 2 rings (SSSR count). The van der Waals surface area contributed by atoms with E-state index in [-0.39, 0.29) is 0 Å². The summed E-state index contributed by atoms with van der Waals surface area (Å²) in [5.74, 6) is 0. The Morgan fingerprint density at radius 1 is 1.16 bits per heavy atom. The summed E-state index contributed by atoms with van der Waals surface area (Å²) in [6.45, 7) is 4.61. The molecular formula is C15H25N3O. The van der Waals surface area contributed by atoms with Gasteiger partial charge in [-0.25, -0.2) is 0 Å². The zero-order valence-corrected chi connectivity index (χ0v) is 11.8. The molecule has 1 saturated carbocycles. The Morgan fingerprint density at radius 3 is 2.63 bits per heavy atom. The van der Waals surface area contributed by atoms with Gasteiger partial charge in [-0.15, -0.1) is 0 Å². The third-order valence-electron chi connectivity index (χ3n) is 3.46. The quantitative estimate of drug-likeness (QED) is 0.741. The van der Waals surface area contributed by atoms with E-state index >= 15 is 0 Å². The highest BCUT2D eigenvalue weighted by atomic mass is 16.5. The molecule has 19 heavy (non-hydrogen) atoms. The summed E-state index contributed by atoms with van der Waals surface area (Å²) in [5.41, 5.74) is 2.10. The van der Waals surface area contributed by atoms with Gasteiger partial charge in [-0.05, 0) is 25.8 Å². The summed E-state index contributed by atoms with van der Waals surface area (Å²) < 4.78 is 5.88. The number of anilines is 2. The maximum absolute atomic E-state index is 5.88. The molecule has 0 spiro atoms. The van der Waals surface area contributed by atoms with Crippen LogP contribution < -0.4 is 10.6 Å². The second kappa shape index (κ2) is 8.00. The zero-order chi connectivity index (χ0) is 13.3. The standard InChI is InChI=1S/C15H25N3O/c1-2-17-13-10-14(12-16-11-13)18-8-9-19-15-6-4-3-5-7-15/h10-12,15,17-18H,2-9H2,1H3. The molecule has 0 amide bonds. The second-order valence-electron chi connectivity index (χ2n) is 5.05. The lowest BCUT2D eigenvalue weighted by Crippen LogP contribution is -2.20. The third-order valence-corrected chi connectivity index (χ3v) is 3.46. The van der Waals surface area contributed by atoms with Crippen LogP contribution in [-0.4, -0.2) is 30.8 Å². The van der Waals surface area contributed by atoms with Crippen LogP contribution in [0.1, 0.15) is 39.0 Å². The molecule has 4 nitrogen and oxygen atoms in total. The summed E-state index contributed by atoms with van der Waals surface area (Å²) >= 11 is 0. The molecule has 0 bridgehead atoms. The van der Waals surface area contributed by atoms with Crippen molar-refractivity contribution in [3.63, 3.8) is 0 Å². The molecule has 0 radical (unpaired) electrons. The fourth-order valence-electron chi connectivity index (χ4n) is 2.49. The minimum Gasteiger partial charge on any atom is -0.384 e. The van der Waals surface area contributed by atoms with Crippen LogP contribution in [0.4, 0.5) is 11.4 Å². The van der Waals surface area contributed by atoms with Crippen molar-refractivity contribution in [3.8, 4) is 0 Å². The predicted molar refractivity (Wildman–Crippen MR) is 79.7 cm³/mol. The van der Waals surface area contributed by atoms with Gasteiger partial charge >= 0.3 is 0 Å². The molecule has 1 aromatic heterocycles. The van der Waals surface area contributed by atoms with Crippen LogP contribution in [0.25, 0.3) is 0 Å². The number of rotatable bonds is 7. The normalized spacial score (nSPS) is 16.3. The zero-order valence-electron chi connectivity index (χ0n) is 11.8. The molecule has 0 saturated heterocycles. The van der Waals surface area contributed by atoms with Gasteiger partial charge in [0.05, 0.1) is 36.5 Å². The molecule has 4 heteroatoms. The van der Waals surface area contributed by atoms with Crippen molar-refractivity contribution < 1.29 is 4.74 Å². The number of nitrogens with zero attached hydrogens (tertiary/aromatic N) is 1. The van der Waals surface area contributed by atoms with Crippen LogP contribution in [0.5, 0.6) is 0 Å². The van der Waals surface area contributed by atoms with Gasteiger partial charge in [0.2, 0.25) is 0 Å². The maximum Gasteiger partial charge on any atom is 0.0642 e. The van der Waals surface area contributed by atoms with Gasteiger partial charge in [-0.1, -0.05) is 19.3 Å². The Kier molecular flexibility index (Phi) is 5.95. The number of ether oxygens (including phenoxy) is 1. The van der Waals surface area contributed by atoms with Crippen molar-refractivity contribution >= 4 is 11.4 Å². The van der Waals surface area contributed by atoms with Gasteiger partial charge in [-0.3, -0.25) is 4.98 Å². The van der Waals surface area contributed by atoms with Crippen LogP contribution in [0, 0.1) is 0 Å². The lowest BCUT2D eigenvalue weighted by atomic mass is 9.98. The minimum atomic E-state index is 0.488. The van der Waals surface area contributed by atoms with Gasteiger partial charge in [-0.2, -0.15) is 0 Å². The van der Waals surface area contributed by atoms with Crippen molar-refractivity contribution in [1.82, 2.24) is 4.98 Å². The molecule has 1 fully saturated rings. The Bertz CT molecular complexity index is 364. The molecule has 106 valence electrons. The van der Waals surface area contributed by atoms with E-state index in [1.807, 2.05) is 12.4 Å². The third kappa shape index (κ3) is 5.07. The monoisotopic (exact) mass is 263 g/mol. The van der Waals surface area contributed by atoms with Gasteiger partial charge in [0.15, 0.2) is 0 Å². The Labute approximate surface area is 116 Å². The van der Waals surface area contributed by atoms with E-state index in [2.05, 4.69) is 28.6 Å². The molecule has 1 aromatic rings. The largest absolute Gasteiger partial charge is 0.384 e. The van der Waals surface area contributed by atoms with Crippen LogP contribution >= 0.6 is 0 Å². The van der Waals surface area contributed by atoms with Crippen molar-refractivity contribution in [2.75, 3.05) is 30.3 Å². The molecule has 2 N–H and O–H groups in total. The first-order valence-corrected chi connectivity index (χ1v) is 7.43. The summed E-state index contributed by atoms with van der Waals surface area (Å²) in [6.07, 6.45) is 10.7. The molecule has 0 aromatic carbocycles. The molecule has 0 atom stereocenters. The molecule has 1 aliphatic rings. The summed E-state index contributed by atoms with van der Waals surface area (Å²) in [7, 11) is 0. The Hall–Kier alpha value is -1.29. The fourth-order valence-corrected chi connectivity index (χ4v) is 2.49. The number of hydrogen-bond donors (Lipinski definition) is 2. The number of hydrogen-bond acceptors (Lipinski definition) is 4. The average molecular weight is 263 g/mol. The van der Waals surface area contributed by atoms with Crippen molar-refractivity contribution in [2.45, 2.75) is 45.1 Å². The lowest BCUT2D eigenvalue weighted by molar-refractivity contribution is 0.0347. The highest BCUT2D eigenvalue weighted by molar-refractivity contribution is 5.53. The van der Waals surface area contributed by atoms with Crippen LogP contribution in [-0.2, 0) is 4.74 Å². The highest BCUT2D eigenvalue weighted by Gasteiger charge is 2.12. The first-order chi connectivity index (χ1) is 9.38. The fraction of sp³-hybridized carbons (Fsp3) is 0.667. The summed E-state index contributed by atoms with van der Waals surface area (Å²) in [6, 6.07) is 2.08. The molecule has 1 aliphatic carbocycles. The van der Waals surface area contributed by atoms with Crippen LogP contribution in [0.15, 0.2) is 18.5 Å². The van der Waals surface area contributed by atoms with Gasteiger partial charge < -0.3 is 15.4 Å². The topological polar surface area (TPSA) is 46.2 Å². The second-order valence-corrected chi connectivity index (χ2v) is 5.05. The number of aromatic nitrogens is 1. The average Bonchev–Trinajstić information content (AvgIpc) is 2.46. The van der Waals surface area contributed by atoms with E-state index in [9.17, 15) is 0 Å². The van der Waals surface area contributed by atoms with E-state index in [1.54, 1.807) is 0 Å². The Balaban J connectivity index is 1.65. The Morgan fingerprint density at radius 2 is 1.89 bits per heavy atom. The first kappa shape index (κ1) is 14.1. The molecule has 0 unspecified atom stereocenters. The van der Waals surface area contributed by atoms with E-state index in [4.69, 9.17) is 4.74 Å². The van der Waals surface area contributed by atoms with E-state index in [1.165, 1.54) is 32.1 Å². The lowest BCUT2D eigenvalue weighted by Gasteiger charge is -2.22. The summed E-state index contributed by atoms with van der Waals surface area (Å²) in [5, 5.41) is 6.61. The molecule has 0 aliphatic heterocycles. The predicted octanol–water partition coefficient (Wildman–Crippen LogP) is 3.27. The molecule has 1 heterocycles. The van der Waals surface area contributed by atoms with Crippen molar-refractivity contribution in [3.05, 3.63) is 18.5 Å². The van der Waals surface area contributed by atoms with Crippen molar-refractivity contribution in [2.24, 2.45) is 0 Å². The minimum absolute atomic E-state index is 0.488.